The molecule has 10 heavy (non-hydrogen) atoms. The zero-order chi connectivity index (χ0) is 6.97. The van der Waals surface area contributed by atoms with E-state index in [2.05, 4.69) is 24.1 Å². The molecule has 1 aliphatic carbocycles. The van der Waals surface area contributed by atoms with E-state index in [1.165, 1.54) is 25.7 Å². The Kier molecular flexibility index (Phi) is 1.44. The van der Waals surface area contributed by atoms with Crippen molar-refractivity contribution in [2.75, 3.05) is 0 Å². The maximum Gasteiger partial charge on any atom is 0.0491 e. The first-order chi connectivity index (χ1) is 4.93. The minimum atomic E-state index is 0.935. The molecular formula is C9H15N. The second kappa shape index (κ2) is 2.30. The fourth-order valence-electron chi connectivity index (χ4n) is 2.14. The van der Waals surface area contributed by atoms with Gasteiger partial charge in [0.25, 0.3) is 0 Å². The lowest BCUT2D eigenvalue weighted by molar-refractivity contribution is 0.571. The minimum absolute atomic E-state index is 0.935. The smallest absolute Gasteiger partial charge is 0.0491 e. The van der Waals surface area contributed by atoms with E-state index >= 15 is 0 Å². The van der Waals surface area contributed by atoms with Gasteiger partial charge in [0.2, 0.25) is 0 Å². The number of fused-ring (bicyclic) bond motifs is 1. The summed E-state index contributed by atoms with van der Waals surface area (Å²) in [5, 5.41) is 0. The monoisotopic (exact) mass is 137 g/mol. The number of nitrogens with zero attached hydrogens (tertiary/aromatic N) is 1. The lowest BCUT2D eigenvalue weighted by Crippen LogP contribution is -2.00. The summed E-state index contributed by atoms with van der Waals surface area (Å²) in [6.45, 7) is 2.10. The van der Waals surface area contributed by atoms with Crippen molar-refractivity contribution >= 4 is 0 Å². The van der Waals surface area contributed by atoms with Crippen LogP contribution in [0.25, 0.3) is 0 Å². The molecule has 0 aromatic heterocycles. The Hall–Kier alpha value is -0.460. The largest absolute Gasteiger partial charge is 0.368 e. The van der Waals surface area contributed by atoms with Gasteiger partial charge in [-0.2, -0.15) is 0 Å². The van der Waals surface area contributed by atoms with E-state index in [0.29, 0.717) is 0 Å². The first-order valence-corrected chi connectivity index (χ1v) is 4.34. The third-order valence-corrected chi connectivity index (χ3v) is 2.69. The molecule has 0 amide bonds. The van der Waals surface area contributed by atoms with Gasteiger partial charge in [0, 0.05) is 12.1 Å². The average molecular weight is 137 g/mol. The molecule has 0 aromatic carbocycles. The van der Waals surface area contributed by atoms with E-state index < -0.39 is 0 Å². The van der Waals surface area contributed by atoms with Crippen molar-refractivity contribution in [3.05, 3.63) is 12.3 Å². The first-order valence-electron chi connectivity index (χ1n) is 4.34. The molecule has 2 aliphatic rings. The Bertz CT molecular complexity index is 139. The Morgan fingerprint density at radius 1 is 1.20 bits per heavy atom. The molecule has 0 bridgehead atoms. The standard InChI is InChI=1S/C9H15N/c1-2-7-10-8-5-3-4-6-9(8)10/h2,7-9H,3-6H2,1H3/b7-2-. The third kappa shape index (κ3) is 0.845. The molecule has 56 valence electrons. The highest BCUT2D eigenvalue weighted by Crippen LogP contribution is 2.40. The third-order valence-electron chi connectivity index (χ3n) is 2.69. The zero-order valence-corrected chi connectivity index (χ0v) is 6.59. The van der Waals surface area contributed by atoms with Gasteiger partial charge in [0.15, 0.2) is 0 Å². The van der Waals surface area contributed by atoms with Gasteiger partial charge in [0.1, 0.15) is 0 Å². The minimum Gasteiger partial charge on any atom is -0.368 e. The van der Waals surface area contributed by atoms with Crippen LogP contribution in [0, 0.1) is 0 Å². The maximum absolute atomic E-state index is 2.51. The summed E-state index contributed by atoms with van der Waals surface area (Å²) in [5.74, 6) is 0. The summed E-state index contributed by atoms with van der Waals surface area (Å²) in [5.41, 5.74) is 0. The molecule has 1 saturated heterocycles. The van der Waals surface area contributed by atoms with Gasteiger partial charge < -0.3 is 4.90 Å². The van der Waals surface area contributed by atoms with E-state index in [9.17, 15) is 0 Å². The van der Waals surface area contributed by atoms with Gasteiger partial charge >= 0.3 is 0 Å². The van der Waals surface area contributed by atoms with Gasteiger partial charge in [-0.25, -0.2) is 0 Å². The Morgan fingerprint density at radius 2 is 1.80 bits per heavy atom. The molecule has 2 fully saturated rings. The lowest BCUT2D eigenvalue weighted by Gasteiger charge is -2.01. The molecule has 1 saturated carbocycles. The fourth-order valence-corrected chi connectivity index (χ4v) is 2.14. The molecule has 0 spiro atoms. The van der Waals surface area contributed by atoms with Crippen LogP contribution in [0.2, 0.25) is 0 Å². The molecule has 1 heteroatoms. The highest BCUT2D eigenvalue weighted by Gasteiger charge is 2.45. The summed E-state index contributed by atoms with van der Waals surface area (Å²) in [4.78, 5) is 2.51. The molecule has 0 N–H and O–H groups in total. The highest BCUT2D eigenvalue weighted by atomic mass is 15.3. The van der Waals surface area contributed by atoms with E-state index in [-0.39, 0.29) is 0 Å². The number of rotatable bonds is 1. The van der Waals surface area contributed by atoms with Gasteiger partial charge in [-0.05, 0) is 26.0 Å². The van der Waals surface area contributed by atoms with Gasteiger partial charge in [0.05, 0.1) is 0 Å². The van der Waals surface area contributed by atoms with Crippen molar-refractivity contribution < 1.29 is 0 Å². The van der Waals surface area contributed by atoms with E-state index in [1.807, 2.05) is 0 Å². The van der Waals surface area contributed by atoms with E-state index in [4.69, 9.17) is 0 Å². The predicted octanol–water partition coefficient (Wildman–Crippen LogP) is 2.15. The van der Waals surface area contributed by atoms with E-state index in [1.54, 1.807) is 0 Å². The molecule has 0 radical (unpaired) electrons. The normalized spacial score (nSPS) is 38.3. The Balaban J connectivity index is 1.93. The quantitative estimate of drug-likeness (QED) is 0.500. The van der Waals surface area contributed by atoms with Gasteiger partial charge in [-0.1, -0.05) is 18.9 Å². The van der Waals surface area contributed by atoms with Crippen LogP contribution in [0.1, 0.15) is 32.6 Å². The summed E-state index contributed by atoms with van der Waals surface area (Å²) in [6, 6.07) is 1.87. The van der Waals surface area contributed by atoms with E-state index in [0.717, 1.165) is 12.1 Å². The van der Waals surface area contributed by atoms with Crippen LogP contribution in [0.3, 0.4) is 0 Å². The fraction of sp³-hybridized carbons (Fsp3) is 0.778. The second-order valence-electron chi connectivity index (χ2n) is 3.35. The number of allylic oxidation sites excluding steroid dienone is 1. The summed E-state index contributed by atoms with van der Waals surface area (Å²) in [6.07, 6.45) is 10.2. The van der Waals surface area contributed by atoms with Gasteiger partial charge in [-0.3, -0.25) is 0 Å². The molecule has 2 atom stereocenters. The maximum atomic E-state index is 2.51. The Labute approximate surface area is 62.7 Å². The van der Waals surface area contributed by atoms with Crippen LogP contribution < -0.4 is 0 Å². The predicted molar refractivity (Wildman–Crippen MR) is 42.7 cm³/mol. The van der Waals surface area contributed by atoms with Crippen molar-refractivity contribution in [2.45, 2.75) is 44.7 Å². The molecule has 1 aliphatic heterocycles. The van der Waals surface area contributed by atoms with Crippen LogP contribution in [0.4, 0.5) is 0 Å². The molecule has 1 nitrogen and oxygen atoms in total. The summed E-state index contributed by atoms with van der Waals surface area (Å²) in [7, 11) is 0. The SMILES string of the molecule is C/C=C\N1C2CCCCC21. The van der Waals surface area contributed by atoms with Crippen LogP contribution in [-0.4, -0.2) is 17.0 Å². The van der Waals surface area contributed by atoms with Crippen LogP contribution >= 0.6 is 0 Å². The first kappa shape index (κ1) is 6.26. The van der Waals surface area contributed by atoms with Crippen molar-refractivity contribution in [1.82, 2.24) is 4.90 Å². The van der Waals surface area contributed by atoms with Crippen molar-refractivity contribution in [3.8, 4) is 0 Å². The lowest BCUT2D eigenvalue weighted by atomic mass is 10.0. The summed E-state index contributed by atoms with van der Waals surface area (Å²) < 4.78 is 0. The van der Waals surface area contributed by atoms with Crippen molar-refractivity contribution in [3.63, 3.8) is 0 Å². The molecule has 2 unspecified atom stereocenters. The molecular weight excluding hydrogens is 122 g/mol. The zero-order valence-electron chi connectivity index (χ0n) is 6.59. The average Bonchev–Trinajstić information content (AvgIpc) is 2.66. The van der Waals surface area contributed by atoms with Crippen LogP contribution in [0.5, 0.6) is 0 Å². The van der Waals surface area contributed by atoms with Crippen LogP contribution in [-0.2, 0) is 0 Å². The second-order valence-corrected chi connectivity index (χ2v) is 3.35. The summed E-state index contributed by atoms with van der Waals surface area (Å²) >= 11 is 0. The molecule has 0 aromatic rings. The Morgan fingerprint density at radius 3 is 2.30 bits per heavy atom. The number of hydrogen-bond donors (Lipinski definition) is 0. The van der Waals surface area contributed by atoms with Crippen molar-refractivity contribution in [2.24, 2.45) is 0 Å². The number of hydrogen-bond acceptors (Lipinski definition) is 1. The molecule has 2 rings (SSSR count). The highest BCUT2D eigenvalue weighted by molar-refractivity contribution is 5.09. The van der Waals surface area contributed by atoms with Crippen LogP contribution in [0.15, 0.2) is 12.3 Å². The topological polar surface area (TPSA) is 3.01 Å². The molecule has 1 heterocycles. The number of likely N-dealkylation sites (tertiary alicyclic amines) is 1. The van der Waals surface area contributed by atoms with Gasteiger partial charge in [-0.15, -0.1) is 0 Å². The van der Waals surface area contributed by atoms with Crippen molar-refractivity contribution in [1.29, 1.82) is 0 Å².